The molecule has 1 amide bonds. The lowest BCUT2D eigenvalue weighted by Gasteiger charge is -2.31. The van der Waals surface area contributed by atoms with E-state index in [0.717, 1.165) is 23.9 Å². The predicted molar refractivity (Wildman–Crippen MR) is 96.5 cm³/mol. The molecule has 25 heavy (non-hydrogen) atoms. The minimum Gasteiger partial charge on any atom is -0.444 e. The average Bonchev–Trinajstić information content (AvgIpc) is 2.98. The highest BCUT2D eigenvalue weighted by atomic mass is 16.6. The Morgan fingerprint density at radius 1 is 1.24 bits per heavy atom. The van der Waals surface area contributed by atoms with Gasteiger partial charge in [0.25, 0.3) is 5.56 Å². The monoisotopic (exact) mass is 343 g/mol. The molecule has 2 aromatic rings. The number of amides is 1. The summed E-state index contributed by atoms with van der Waals surface area (Å²) in [5.41, 5.74) is 0.402. The minimum atomic E-state index is -0.763. The summed E-state index contributed by atoms with van der Waals surface area (Å²) in [6.07, 6.45) is 2.74. The molecule has 0 saturated heterocycles. The fraction of sp³-hybridized carbons (Fsp3) is 0.526. The first kappa shape index (κ1) is 17.5. The van der Waals surface area contributed by atoms with Crippen molar-refractivity contribution in [1.82, 2.24) is 14.9 Å². The summed E-state index contributed by atoms with van der Waals surface area (Å²) in [4.78, 5) is 30.0. The molecule has 1 saturated carbocycles. The van der Waals surface area contributed by atoms with Gasteiger partial charge in [0.2, 0.25) is 0 Å². The van der Waals surface area contributed by atoms with Crippen LogP contribution in [0.5, 0.6) is 0 Å². The fourth-order valence-electron chi connectivity index (χ4n) is 3.49. The molecular formula is C19H25N3O3. The maximum atomic E-state index is 13.0. The van der Waals surface area contributed by atoms with Gasteiger partial charge in [-0.3, -0.25) is 4.79 Å². The van der Waals surface area contributed by atoms with E-state index in [-0.39, 0.29) is 5.56 Å². The summed E-state index contributed by atoms with van der Waals surface area (Å²) in [5.74, 6) is 0. The van der Waals surface area contributed by atoms with Crippen molar-refractivity contribution in [2.24, 2.45) is 7.05 Å². The van der Waals surface area contributed by atoms with Crippen LogP contribution in [0.2, 0.25) is 0 Å². The van der Waals surface area contributed by atoms with Crippen molar-refractivity contribution in [3.63, 3.8) is 0 Å². The van der Waals surface area contributed by atoms with Crippen LogP contribution >= 0.6 is 0 Å². The number of benzene rings is 1. The number of hydrogen-bond acceptors (Lipinski definition) is 4. The van der Waals surface area contributed by atoms with E-state index in [2.05, 4.69) is 10.3 Å². The maximum Gasteiger partial charge on any atom is 0.408 e. The van der Waals surface area contributed by atoms with Gasteiger partial charge < -0.3 is 14.6 Å². The highest BCUT2D eigenvalue weighted by molar-refractivity contribution is 5.75. The second-order valence-electron chi connectivity index (χ2n) is 7.73. The molecule has 6 nitrogen and oxygen atoms in total. The first-order chi connectivity index (χ1) is 11.7. The van der Waals surface area contributed by atoms with E-state index in [1.807, 2.05) is 45.0 Å². The number of para-hydroxylation sites is 2. The number of nitrogens with one attached hydrogen (secondary N) is 1. The molecule has 1 fully saturated rings. The first-order valence-electron chi connectivity index (χ1n) is 8.69. The molecule has 0 atom stereocenters. The lowest BCUT2D eigenvalue weighted by molar-refractivity contribution is 0.0450. The number of carbonyl (C=O) groups excluding carboxylic acids is 1. The predicted octanol–water partition coefficient (Wildman–Crippen LogP) is 3.23. The molecule has 1 heterocycles. The SMILES string of the molecule is Cn1c(=O)c(C2(NC(=O)OC(C)(C)C)CCCC2)nc2ccccc21. The van der Waals surface area contributed by atoms with Gasteiger partial charge in [0.15, 0.2) is 0 Å². The van der Waals surface area contributed by atoms with Crippen LogP contribution in [-0.4, -0.2) is 21.2 Å². The topological polar surface area (TPSA) is 73.2 Å². The van der Waals surface area contributed by atoms with Gasteiger partial charge in [-0.2, -0.15) is 0 Å². The zero-order chi connectivity index (χ0) is 18.2. The van der Waals surface area contributed by atoms with Crippen LogP contribution in [-0.2, 0) is 17.3 Å². The van der Waals surface area contributed by atoms with Gasteiger partial charge >= 0.3 is 6.09 Å². The van der Waals surface area contributed by atoms with Gasteiger partial charge in [0, 0.05) is 7.05 Å². The third-order valence-corrected chi connectivity index (χ3v) is 4.63. The third-order valence-electron chi connectivity index (χ3n) is 4.63. The number of aromatic nitrogens is 2. The molecular weight excluding hydrogens is 318 g/mol. The standard InChI is InChI=1S/C19H25N3O3/c1-18(2,3)25-17(24)21-19(11-7-8-12-19)15-16(23)22(4)14-10-6-5-9-13(14)20-15/h5-6,9-10H,7-8,11-12H2,1-4H3,(H,21,24). The number of nitrogens with zero attached hydrogens (tertiary/aromatic N) is 2. The second kappa shape index (κ2) is 6.17. The van der Waals surface area contributed by atoms with Crippen molar-refractivity contribution in [1.29, 1.82) is 0 Å². The highest BCUT2D eigenvalue weighted by Crippen LogP contribution is 2.37. The Kier molecular flexibility index (Phi) is 4.31. The Balaban J connectivity index is 2.07. The van der Waals surface area contributed by atoms with E-state index in [0.29, 0.717) is 18.5 Å². The van der Waals surface area contributed by atoms with Gasteiger partial charge in [-0.25, -0.2) is 9.78 Å². The summed E-state index contributed by atoms with van der Waals surface area (Å²) in [6.45, 7) is 5.46. The van der Waals surface area contributed by atoms with Crippen LogP contribution in [0.25, 0.3) is 11.0 Å². The van der Waals surface area contributed by atoms with Gasteiger partial charge in [-0.05, 0) is 45.7 Å². The second-order valence-corrected chi connectivity index (χ2v) is 7.73. The van der Waals surface area contributed by atoms with Crippen LogP contribution < -0.4 is 10.9 Å². The molecule has 1 N–H and O–H groups in total. The number of hydrogen-bond donors (Lipinski definition) is 1. The summed E-state index contributed by atoms with van der Waals surface area (Å²) >= 11 is 0. The molecule has 0 spiro atoms. The van der Waals surface area contributed by atoms with Crippen molar-refractivity contribution < 1.29 is 9.53 Å². The average molecular weight is 343 g/mol. The summed E-state index contributed by atoms with van der Waals surface area (Å²) in [6, 6.07) is 7.53. The van der Waals surface area contributed by atoms with Crippen molar-refractivity contribution in [3.05, 3.63) is 40.3 Å². The Hall–Kier alpha value is -2.37. The Morgan fingerprint density at radius 2 is 1.88 bits per heavy atom. The zero-order valence-corrected chi connectivity index (χ0v) is 15.3. The normalized spacial score (nSPS) is 16.8. The molecule has 0 unspecified atom stereocenters. The van der Waals surface area contributed by atoms with E-state index in [4.69, 9.17) is 4.74 Å². The van der Waals surface area contributed by atoms with Crippen LogP contribution in [0.4, 0.5) is 4.79 Å². The smallest absolute Gasteiger partial charge is 0.408 e. The molecule has 1 aromatic heterocycles. The number of carbonyl (C=O) groups is 1. The summed E-state index contributed by atoms with van der Waals surface area (Å²) < 4.78 is 7.02. The lowest BCUT2D eigenvalue weighted by atomic mass is 9.93. The van der Waals surface area contributed by atoms with E-state index in [9.17, 15) is 9.59 Å². The van der Waals surface area contributed by atoms with E-state index in [1.165, 1.54) is 0 Å². The van der Waals surface area contributed by atoms with Crippen LogP contribution in [0.15, 0.2) is 29.1 Å². The molecule has 1 aliphatic rings. The maximum absolute atomic E-state index is 13.0. The molecule has 0 bridgehead atoms. The van der Waals surface area contributed by atoms with E-state index < -0.39 is 17.2 Å². The molecule has 6 heteroatoms. The number of rotatable bonds is 2. The fourth-order valence-corrected chi connectivity index (χ4v) is 3.49. The van der Waals surface area contributed by atoms with E-state index in [1.54, 1.807) is 11.6 Å². The molecule has 0 aliphatic heterocycles. The Bertz CT molecular complexity index is 858. The van der Waals surface area contributed by atoms with E-state index >= 15 is 0 Å². The zero-order valence-electron chi connectivity index (χ0n) is 15.3. The minimum absolute atomic E-state index is 0.170. The lowest BCUT2D eigenvalue weighted by Crippen LogP contribution is -2.50. The number of alkyl carbamates (subject to hydrolysis) is 1. The van der Waals surface area contributed by atoms with Crippen molar-refractivity contribution in [2.75, 3.05) is 0 Å². The van der Waals surface area contributed by atoms with Gasteiger partial charge in [0.05, 0.1) is 16.6 Å². The molecule has 134 valence electrons. The quantitative estimate of drug-likeness (QED) is 0.908. The summed E-state index contributed by atoms with van der Waals surface area (Å²) in [7, 11) is 1.74. The number of aryl methyl sites for hydroxylation is 1. The van der Waals surface area contributed by atoms with Crippen LogP contribution in [0.1, 0.15) is 52.1 Å². The third kappa shape index (κ3) is 3.38. The summed E-state index contributed by atoms with van der Waals surface area (Å²) in [5, 5.41) is 2.96. The van der Waals surface area contributed by atoms with Crippen LogP contribution in [0, 0.1) is 0 Å². The van der Waals surface area contributed by atoms with Crippen molar-refractivity contribution >= 4 is 17.1 Å². The molecule has 0 radical (unpaired) electrons. The first-order valence-corrected chi connectivity index (χ1v) is 8.69. The molecule has 3 rings (SSSR count). The van der Waals surface area contributed by atoms with Crippen LogP contribution in [0.3, 0.4) is 0 Å². The largest absolute Gasteiger partial charge is 0.444 e. The van der Waals surface area contributed by atoms with Gasteiger partial charge in [-0.1, -0.05) is 25.0 Å². The molecule has 1 aliphatic carbocycles. The Labute approximate surface area is 147 Å². The van der Waals surface area contributed by atoms with Crippen molar-refractivity contribution in [2.45, 2.75) is 57.6 Å². The van der Waals surface area contributed by atoms with Crippen molar-refractivity contribution in [3.8, 4) is 0 Å². The Morgan fingerprint density at radius 3 is 2.52 bits per heavy atom. The number of ether oxygens (including phenoxy) is 1. The number of fused-ring (bicyclic) bond motifs is 1. The molecule has 1 aromatic carbocycles. The van der Waals surface area contributed by atoms with Gasteiger partial charge in [0.1, 0.15) is 11.3 Å². The highest BCUT2D eigenvalue weighted by Gasteiger charge is 2.42. The van der Waals surface area contributed by atoms with Gasteiger partial charge in [-0.15, -0.1) is 0 Å².